The summed E-state index contributed by atoms with van der Waals surface area (Å²) in [5.74, 6) is 0.0938. The van der Waals surface area contributed by atoms with Crippen LogP contribution in [0.4, 0.5) is 5.69 Å². The van der Waals surface area contributed by atoms with Gasteiger partial charge in [0.15, 0.2) is 0 Å². The molecule has 1 aromatic carbocycles. The van der Waals surface area contributed by atoms with Crippen LogP contribution in [0.3, 0.4) is 0 Å². The van der Waals surface area contributed by atoms with Gasteiger partial charge in [0.1, 0.15) is 0 Å². The van der Waals surface area contributed by atoms with Gasteiger partial charge in [0.05, 0.1) is 17.0 Å². The van der Waals surface area contributed by atoms with E-state index in [0.29, 0.717) is 5.56 Å². The minimum atomic E-state index is -0.291. The minimum Gasteiger partial charge on any atom is -0.326 e. The van der Waals surface area contributed by atoms with Gasteiger partial charge in [-0.05, 0) is 50.1 Å². The van der Waals surface area contributed by atoms with Crippen LogP contribution in [0.5, 0.6) is 0 Å². The van der Waals surface area contributed by atoms with Gasteiger partial charge in [0.25, 0.3) is 0 Å². The number of carbonyl (C=O) groups excluding carboxylic acids is 1. The van der Waals surface area contributed by atoms with Gasteiger partial charge in [0, 0.05) is 12.2 Å². The molecule has 0 aliphatic carbocycles. The van der Waals surface area contributed by atoms with E-state index in [2.05, 4.69) is 23.6 Å². The van der Waals surface area contributed by atoms with Crippen LogP contribution in [0.1, 0.15) is 38.2 Å². The summed E-state index contributed by atoms with van der Waals surface area (Å²) >= 11 is 0. The van der Waals surface area contributed by atoms with Crippen LogP contribution in [-0.4, -0.2) is 19.0 Å². The maximum Gasteiger partial charge on any atom is 0.231 e. The second-order valence-corrected chi connectivity index (χ2v) is 5.45. The number of anilines is 1. The maximum atomic E-state index is 12.6. The number of hydrogen-bond donors (Lipinski definition) is 2. The lowest BCUT2D eigenvalue weighted by Gasteiger charge is -2.36. The number of benzene rings is 1. The van der Waals surface area contributed by atoms with Crippen molar-refractivity contribution >= 4 is 11.6 Å². The normalized spacial score (nSPS) is 22.0. The lowest BCUT2D eigenvalue weighted by molar-refractivity contribution is -0.127. The topological polar surface area (TPSA) is 64.9 Å². The summed E-state index contributed by atoms with van der Waals surface area (Å²) in [6.07, 6.45) is 3.89. The van der Waals surface area contributed by atoms with Crippen LogP contribution < -0.4 is 10.6 Å². The van der Waals surface area contributed by atoms with Crippen molar-refractivity contribution in [3.8, 4) is 6.07 Å². The van der Waals surface area contributed by atoms with Crippen molar-refractivity contribution < 1.29 is 4.79 Å². The molecule has 1 aliphatic rings. The number of hydrogen-bond acceptors (Lipinski definition) is 3. The standard InChI is InChI=1S/C16H21N3O/c1-2-8-16(9-3-10-18-12-16)15(20)19-14-6-4-13(11-17)5-7-14/h4-7,18H,2-3,8-10,12H2,1H3,(H,19,20). The van der Waals surface area contributed by atoms with E-state index in [-0.39, 0.29) is 11.3 Å². The van der Waals surface area contributed by atoms with Crippen molar-refractivity contribution in [2.75, 3.05) is 18.4 Å². The Balaban J connectivity index is 2.09. The minimum absolute atomic E-state index is 0.0938. The van der Waals surface area contributed by atoms with Crippen LogP contribution >= 0.6 is 0 Å². The number of nitrogens with one attached hydrogen (secondary N) is 2. The van der Waals surface area contributed by atoms with Crippen LogP contribution in [0, 0.1) is 16.7 Å². The molecular weight excluding hydrogens is 250 g/mol. The summed E-state index contributed by atoms with van der Waals surface area (Å²) in [5, 5.41) is 15.1. The molecule has 0 spiro atoms. The monoisotopic (exact) mass is 271 g/mol. The molecule has 1 heterocycles. The van der Waals surface area contributed by atoms with E-state index in [1.165, 1.54) is 0 Å². The number of nitriles is 1. The van der Waals surface area contributed by atoms with Gasteiger partial charge < -0.3 is 10.6 Å². The molecular formula is C16H21N3O. The molecule has 106 valence electrons. The van der Waals surface area contributed by atoms with Crippen LogP contribution in [0.25, 0.3) is 0 Å². The van der Waals surface area contributed by atoms with Crippen LogP contribution in [-0.2, 0) is 4.79 Å². The van der Waals surface area contributed by atoms with E-state index in [9.17, 15) is 4.79 Å². The summed E-state index contributed by atoms with van der Waals surface area (Å²) in [6, 6.07) is 9.09. The number of piperidine rings is 1. The Morgan fingerprint density at radius 3 is 2.75 bits per heavy atom. The molecule has 20 heavy (non-hydrogen) atoms. The van der Waals surface area contributed by atoms with Gasteiger partial charge in [-0.3, -0.25) is 4.79 Å². The third-order valence-corrected chi connectivity index (χ3v) is 3.95. The molecule has 4 nitrogen and oxygen atoms in total. The molecule has 1 saturated heterocycles. The summed E-state index contributed by atoms with van der Waals surface area (Å²) in [4.78, 5) is 12.6. The smallest absolute Gasteiger partial charge is 0.231 e. The SMILES string of the molecule is CCCC1(C(=O)Nc2ccc(C#N)cc2)CCCNC1. The summed E-state index contributed by atoms with van der Waals surface area (Å²) in [5.41, 5.74) is 1.07. The van der Waals surface area contributed by atoms with Gasteiger partial charge in [-0.2, -0.15) is 5.26 Å². The lowest BCUT2D eigenvalue weighted by atomic mass is 9.76. The molecule has 1 fully saturated rings. The van der Waals surface area contributed by atoms with E-state index in [1.807, 2.05) is 0 Å². The Morgan fingerprint density at radius 2 is 2.20 bits per heavy atom. The molecule has 2 rings (SSSR count). The van der Waals surface area contributed by atoms with Crippen molar-refractivity contribution in [2.45, 2.75) is 32.6 Å². The summed E-state index contributed by atoms with van der Waals surface area (Å²) in [6.45, 7) is 3.86. The molecule has 0 bridgehead atoms. The highest BCUT2D eigenvalue weighted by atomic mass is 16.2. The third-order valence-electron chi connectivity index (χ3n) is 3.95. The van der Waals surface area contributed by atoms with Gasteiger partial charge in [-0.25, -0.2) is 0 Å². The van der Waals surface area contributed by atoms with E-state index in [1.54, 1.807) is 24.3 Å². The highest BCUT2D eigenvalue weighted by Gasteiger charge is 2.38. The Kier molecular flexibility index (Phi) is 4.75. The fraction of sp³-hybridized carbons (Fsp3) is 0.500. The average Bonchev–Trinajstić information content (AvgIpc) is 2.49. The first-order valence-electron chi connectivity index (χ1n) is 7.22. The molecule has 4 heteroatoms. The fourth-order valence-corrected chi connectivity index (χ4v) is 2.86. The van der Waals surface area contributed by atoms with Crippen molar-refractivity contribution in [1.29, 1.82) is 5.26 Å². The number of rotatable bonds is 4. The second kappa shape index (κ2) is 6.53. The molecule has 1 aliphatic heterocycles. The van der Waals surface area contributed by atoms with Crippen LogP contribution in [0.15, 0.2) is 24.3 Å². The first-order chi connectivity index (χ1) is 9.70. The van der Waals surface area contributed by atoms with Gasteiger partial charge in [-0.1, -0.05) is 13.3 Å². The molecule has 1 atom stereocenters. The number of amides is 1. The molecule has 1 aromatic rings. The predicted octanol–water partition coefficient (Wildman–Crippen LogP) is 2.67. The predicted molar refractivity (Wildman–Crippen MR) is 79.2 cm³/mol. The van der Waals surface area contributed by atoms with Crippen molar-refractivity contribution in [1.82, 2.24) is 5.32 Å². The van der Waals surface area contributed by atoms with Crippen molar-refractivity contribution in [3.05, 3.63) is 29.8 Å². The molecule has 0 aromatic heterocycles. The van der Waals surface area contributed by atoms with Gasteiger partial charge in [-0.15, -0.1) is 0 Å². The number of carbonyl (C=O) groups is 1. The first-order valence-corrected chi connectivity index (χ1v) is 7.22. The lowest BCUT2D eigenvalue weighted by Crippen LogP contribution is -2.48. The van der Waals surface area contributed by atoms with Gasteiger partial charge >= 0.3 is 0 Å². The zero-order valence-corrected chi connectivity index (χ0v) is 11.9. The van der Waals surface area contributed by atoms with Crippen molar-refractivity contribution in [3.63, 3.8) is 0 Å². The highest BCUT2D eigenvalue weighted by molar-refractivity contribution is 5.95. The maximum absolute atomic E-state index is 12.6. The Labute approximate surface area is 120 Å². The summed E-state index contributed by atoms with van der Waals surface area (Å²) < 4.78 is 0. The largest absolute Gasteiger partial charge is 0.326 e. The quantitative estimate of drug-likeness (QED) is 0.885. The molecule has 0 radical (unpaired) electrons. The molecule has 2 N–H and O–H groups in total. The second-order valence-electron chi connectivity index (χ2n) is 5.45. The first kappa shape index (κ1) is 14.5. The van der Waals surface area contributed by atoms with E-state index in [0.717, 1.165) is 44.5 Å². The van der Waals surface area contributed by atoms with Crippen LogP contribution in [0.2, 0.25) is 0 Å². The van der Waals surface area contributed by atoms with E-state index >= 15 is 0 Å². The fourth-order valence-electron chi connectivity index (χ4n) is 2.86. The molecule has 0 saturated carbocycles. The Bertz CT molecular complexity index is 490. The molecule has 1 unspecified atom stereocenters. The average molecular weight is 271 g/mol. The van der Waals surface area contributed by atoms with E-state index < -0.39 is 0 Å². The van der Waals surface area contributed by atoms with Gasteiger partial charge in [0.2, 0.25) is 5.91 Å². The zero-order valence-electron chi connectivity index (χ0n) is 11.9. The van der Waals surface area contributed by atoms with E-state index in [4.69, 9.17) is 5.26 Å². The zero-order chi connectivity index (χ0) is 14.4. The summed E-state index contributed by atoms with van der Waals surface area (Å²) in [7, 11) is 0. The third kappa shape index (κ3) is 3.17. The highest BCUT2D eigenvalue weighted by Crippen LogP contribution is 2.33. The molecule has 1 amide bonds. The number of nitrogens with zero attached hydrogens (tertiary/aromatic N) is 1. The Morgan fingerprint density at radius 1 is 1.45 bits per heavy atom. The van der Waals surface area contributed by atoms with Crippen molar-refractivity contribution in [2.24, 2.45) is 5.41 Å². The Hall–Kier alpha value is -1.86.